The number of nitrogens with two attached hydrogens (primary N) is 1. The van der Waals surface area contributed by atoms with E-state index in [1.807, 2.05) is 0 Å². The zero-order valence-corrected chi connectivity index (χ0v) is 27.0. The second kappa shape index (κ2) is 13.5. The fraction of sp³-hybridized carbons (Fsp3) is 0.353. The zero-order chi connectivity index (χ0) is 36.1. The first-order valence-electron chi connectivity index (χ1n) is 15.3. The number of aliphatic hydroxyl groups is 4. The van der Waals surface area contributed by atoms with E-state index in [1.165, 1.54) is 25.3 Å². The van der Waals surface area contributed by atoms with Gasteiger partial charge in [0.1, 0.15) is 29.5 Å². The Hall–Kier alpha value is -4.90. The van der Waals surface area contributed by atoms with Crippen LogP contribution >= 0.6 is 0 Å². The maximum atomic E-state index is 13.5. The highest BCUT2D eigenvalue weighted by Gasteiger charge is 2.41. The molecule has 3 aromatic carbocycles. The third-order valence-corrected chi connectivity index (χ3v) is 8.97. The average molecular weight is 680 g/mol. The van der Waals surface area contributed by atoms with Gasteiger partial charge in [-0.15, -0.1) is 0 Å². The van der Waals surface area contributed by atoms with Crippen molar-refractivity contribution in [1.82, 2.24) is 10.6 Å². The van der Waals surface area contributed by atoms with Crippen LogP contribution in [0.25, 0.3) is 11.1 Å². The number of phenols is 2. The number of hydrogen-bond donors (Lipinski definition) is 9. The molecule has 0 saturated carbocycles. The lowest BCUT2D eigenvalue weighted by molar-refractivity contribution is -0.252. The number of aromatic hydroxyl groups is 2. The number of fused-ring (bicyclic) bond motifs is 5. The molecule has 0 aromatic heterocycles. The summed E-state index contributed by atoms with van der Waals surface area (Å²) in [5, 5.41) is 66.4. The van der Waals surface area contributed by atoms with Crippen molar-refractivity contribution in [3.8, 4) is 28.4 Å². The van der Waals surface area contributed by atoms with Crippen molar-refractivity contribution in [2.75, 3.05) is 20.7 Å². The van der Waals surface area contributed by atoms with Crippen LogP contribution in [0, 0.1) is 6.92 Å². The average Bonchev–Trinajstić information content (AvgIpc) is 3.05. The van der Waals surface area contributed by atoms with Crippen LogP contribution in [0.4, 0.5) is 0 Å². The first kappa shape index (κ1) is 35.4. The van der Waals surface area contributed by atoms with Gasteiger partial charge in [0, 0.05) is 34.2 Å². The summed E-state index contributed by atoms with van der Waals surface area (Å²) in [5.74, 6) is -3.44. The van der Waals surface area contributed by atoms with Gasteiger partial charge >= 0.3 is 0 Å². The molecule has 1 fully saturated rings. The van der Waals surface area contributed by atoms with Crippen LogP contribution in [0.1, 0.15) is 71.9 Å². The van der Waals surface area contributed by atoms with E-state index < -0.39 is 66.0 Å². The number of aryl methyl sites for hydroxylation is 1. The van der Waals surface area contributed by atoms with Crippen LogP contribution in [0.2, 0.25) is 0 Å². The minimum absolute atomic E-state index is 0.0219. The van der Waals surface area contributed by atoms with E-state index in [0.29, 0.717) is 16.9 Å². The molecule has 0 bridgehead atoms. The molecular weight excluding hydrogens is 642 g/mol. The topological polar surface area (TPSA) is 258 Å². The number of likely N-dealkylation sites (N-methyl/N-ethyl adjacent to an activating group) is 1. The van der Waals surface area contributed by atoms with Gasteiger partial charge in [0.15, 0.2) is 17.9 Å². The largest absolute Gasteiger partial charge is 0.506 e. The highest BCUT2D eigenvalue weighted by molar-refractivity contribution is 6.30. The molecule has 6 rings (SSSR count). The van der Waals surface area contributed by atoms with E-state index in [-0.39, 0.29) is 63.1 Å². The molecule has 0 radical (unpaired) electrons. The van der Waals surface area contributed by atoms with E-state index >= 15 is 0 Å². The van der Waals surface area contributed by atoms with Crippen molar-refractivity contribution >= 4 is 23.4 Å². The van der Waals surface area contributed by atoms with Gasteiger partial charge in [0.05, 0.1) is 43.0 Å². The third kappa shape index (κ3) is 6.12. The maximum Gasteiger partial charge on any atom is 0.255 e. The quantitative estimate of drug-likeness (QED) is 0.131. The summed E-state index contributed by atoms with van der Waals surface area (Å²) in [7, 11) is 3.08. The second-order valence-electron chi connectivity index (χ2n) is 12.0. The fourth-order valence-electron chi connectivity index (χ4n) is 6.56. The van der Waals surface area contributed by atoms with Crippen molar-refractivity contribution < 1.29 is 59.3 Å². The Bertz CT molecular complexity index is 1880. The monoisotopic (exact) mass is 679 g/mol. The molecule has 10 N–H and O–H groups in total. The number of hydrogen-bond acceptors (Lipinski definition) is 13. The Morgan fingerprint density at radius 2 is 1.63 bits per heavy atom. The predicted octanol–water partition coefficient (Wildman–Crippen LogP) is -0.305. The molecule has 49 heavy (non-hydrogen) atoms. The van der Waals surface area contributed by atoms with E-state index in [4.69, 9.17) is 20.3 Å². The number of carbonyl (C=O) groups is 4. The number of ketones is 2. The number of primary amides is 1. The molecule has 3 aliphatic rings. The highest BCUT2D eigenvalue weighted by Crippen LogP contribution is 2.52. The first-order chi connectivity index (χ1) is 23.1. The predicted molar refractivity (Wildman–Crippen MR) is 171 cm³/mol. The molecular formula is C34H37N3O12. The first-order valence-corrected chi connectivity index (χ1v) is 15.3. The molecule has 0 spiro atoms. The lowest BCUT2D eigenvalue weighted by Gasteiger charge is -2.39. The van der Waals surface area contributed by atoms with Crippen molar-refractivity contribution in [2.45, 2.75) is 57.0 Å². The summed E-state index contributed by atoms with van der Waals surface area (Å²) in [6, 6.07) is 6.99. The molecule has 15 heteroatoms. The van der Waals surface area contributed by atoms with Gasteiger partial charge < -0.3 is 56.5 Å². The molecule has 2 amide bonds. The van der Waals surface area contributed by atoms with Crippen LogP contribution in [0.15, 0.2) is 30.3 Å². The van der Waals surface area contributed by atoms with Crippen molar-refractivity contribution in [2.24, 2.45) is 5.73 Å². The Labute approximate surface area is 279 Å². The van der Waals surface area contributed by atoms with Crippen LogP contribution in [0.3, 0.4) is 0 Å². The fourth-order valence-corrected chi connectivity index (χ4v) is 6.56. The van der Waals surface area contributed by atoms with Gasteiger partial charge in [-0.1, -0.05) is 6.07 Å². The number of amides is 2. The molecule has 6 atom stereocenters. The molecule has 260 valence electrons. The summed E-state index contributed by atoms with van der Waals surface area (Å²) in [6.45, 7) is 2.84. The van der Waals surface area contributed by atoms with E-state index in [2.05, 4.69) is 10.6 Å². The highest BCUT2D eigenvalue weighted by atomic mass is 16.6. The number of nitrogens with one attached hydrogen (secondary N) is 2. The summed E-state index contributed by atoms with van der Waals surface area (Å²) < 4.78 is 10.1. The minimum atomic E-state index is -1.29. The number of ether oxygens (including phenoxy) is 2. The Kier molecular flexibility index (Phi) is 9.79. The van der Waals surface area contributed by atoms with E-state index in [0.717, 1.165) is 0 Å². The maximum absolute atomic E-state index is 13.5. The van der Waals surface area contributed by atoms with Crippen LogP contribution in [0.5, 0.6) is 17.2 Å². The molecule has 1 unspecified atom stereocenters. The number of methoxy groups -OCH3 is 1. The molecule has 2 aliphatic carbocycles. The van der Waals surface area contributed by atoms with Crippen LogP contribution < -0.4 is 21.1 Å². The lowest BCUT2D eigenvalue weighted by Crippen LogP contribution is -2.60. The number of benzene rings is 3. The standard InChI is InChI=1S/C27H22N2O8.C7H15NO4/c1-10-5-11-6-17(30)15-8-16-22(24(33)14-7-12(37-2)3-4-13(14)23(16)32)26(35)21(15)20(11)25(34)19(10)27(36)29-9-18(28)31;1-3-4(8-2)5(9)6(10)7(11)12-3/h3-5,7-8,17,30,34-35H,6,9H2,1-2H3,(H2,28,31)(H,29,36);3-11H,1-2H3/t17-;3-,4?,5-,6-,7+/m10/s1. The van der Waals surface area contributed by atoms with Crippen LogP contribution in [-0.2, 0) is 16.0 Å². The summed E-state index contributed by atoms with van der Waals surface area (Å²) >= 11 is 0. The van der Waals surface area contributed by atoms with Gasteiger partial charge in [-0.3, -0.25) is 19.2 Å². The van der Waals surface area contributed by atoms with E-state index in [1.54, 1.807) is 33.0 Å². The second-order valence-corrected chi connectivity index (χ2v) is 12.0. The minimum Gasteiger partial charge on any atom is -0.506 e. The molecule has 3 aromatic rings. The zero-order valence-electron chi connectivity index (χ0n) is 27.0. The van der Waals surface area contributed by atoms with Gasteiger partial charge in [-0.25, -0.2) is 0 Å². The normalized spacial score (nSPS) is 23.6. The summed E-state index contributed by atoms with van der Waals surface area (Å²) in [4.78, 5) is 50.7. The van der Waals surface area contributed by atoms with Crippen molar-refractivity contribution in [3.05, 3.63) is 74.8 Å². The SMILES string of the molecule is CNC1[C@H](C)O[C@@H](O)[C@@H](O)[C@H]1O.COc1ccc2c(c1)C(=O)c1c(cc3c(c1O)-c1c(cc(C)c(C(=O)NCC(N)=O)c1O)C[C@H]3O)C2=O. The molecule has 15 nitrogen and oxygen atoms in total. The number of aliphatic hydroxyl groups excluding tert-OH is 4. The third-order valence-electron chi connectivity index (χ3n) is 8.97. The van der Waals surface area contributed by atoms with Gasteiger partial charge in [0.2, 0.25) is 5.91 Å². The van der Waals surface area contributed by atoms with Gasteiger partial charge in [-0.2, -0.15) is 0 Å². The Morgan fingerprint density at radius 3 is 2.27 bits per heavy atom. The van der Waals surface area contributed by atoms with Crippen LogP contribution in [-0.4, -0.2) is 105 Å². The van der Waals surface area contributed by atoms with Gasteiger partial charge in [0.25, 0.3) is 5.91 Å². The summed E-state index contributed by atoms with van der Waals surface area (Å²) in [5.41, 5.74) is 5.68. The lowest BCUT2D eigenvalue weighted by atomic mass is 9.75. The Balaban J connectivity index is 0.000000330. The summed E-state index contributed by atoms with van der Waals surface area (Å²) in [6.07, 6.45) is -4.98. The number of rotatable bonds is 5. The molecule has 1 saturated heterocycles. The smallest absolute Gasteiger partial charge is 0.255 e. The number of phenolic OH excluding ortho intramolecular Hbond substituents is 2. The Morgan fingerprint density at radius 1 is 0.939 bits per heavy atom. The van der Waals surface area contributed by atoms with Gasteiger partial charge in [-0.05, 0) is 61.9 Å². The van der Waals surface area contributed by atoms with E-state index in [9.17, 15) is 44.7 Å². The number of carbonyl (C=O) groups excluding carboxylic acids is 4. The molecule has 1 heterocycles. The van der Waals surface area contributed by atoms with Crippen molar-refractivity contribution in [3.63, 3.8) is 0 Å². The molecule has 1 aliphatic heterocycles. The van der Waals surface area contributed by atoms with Crippen molar-refractivity contribution in [1.29, 1.82) is 0 Å².